The van der Waals surface area contributed by atoms with Gasteiger partial charge in [-0.2, -0.15) is 0 Å². The highest BCUT2D eigenvalue weighted by atomic mass is 79.9. The molecule has 1 saturated heterocycles. The average molecular weight is 422 g/mol. The van der Waals surface area contributed by atoms with Crippen molar-refractivity contribution in [3.8, 4) is 0 Å². The maximum absolute atomic E-state index is 12.9. The van der Waals surface area contributed by atoms with Crippen molar-refractivity contribution in [1.82, 2.24) is 4.90 Å². The van der Waals surface area contributed by atoms with Gasteiger partial charge in [-0.1, -0.05) is 39.7 Å². The number of halogens is 2. The molecule has 25 heavy (non-hydrogen) atoms. The predicted molar refractivity (Wildman–Crippen MR) is 103 cm³/mol. The first kappa shape index (κ1) is 18.0. The first-order chi connectivity index (χ1) is 11.9. The van der Waals surface area contributed by atoms with Gasteiger partial charge in [0, 0.05) is 33.8 Å². The van der Waals surface area contributed by atoms with Crippen molar-refractivity contribution in [2.24, 2.45) is 0 Å². The maximum atomic E-state index is 12.9. The molecule has 1 aliphatic rings. The molecule has 1 aliphatic heterocycles. The van der Waals surface area contributed by atoms with Crippen LogP contribution < -0.4 is 4.90 Å². The van der Waals surface area contributed by atoms with E-state index in [-0.39, 0.29) is 11.8 Å². The van der Waals surface area contributed by atoms with Crippen molar-refractivity contribution in [2.75, 3.05) is 18.0 Å². The number of piperazine rings is 1. The molecule has 2 amide bonds. The van der Waals surface area contributed by atoms with Crippen LogP contribution in [0, 0.1) is 6.92 Å². The van der Waals surface area contributed by atoms with E-state index in [2.05, 4.69) is 15.9 Å². The highest BCUT2D eigenvalue weighted by Crippen LogP contribution is 2.28. The van der Waals surface area contributed by atoms with E-state index in [1.54, 1.807) is 41.0 Å². The normalized spacial score (nSPS) is 17.8. The van der Waals surface area contributed by atoms with E-state index < -0.39 is 6.04 Å². The van der Waals surface area contributed by atoms with E-state index in [0.29, 0.717) is 23.7 Å². The Hall–Kier alpha value is -1.85. The van der Waals surface area contributed by atoms with Gasteiger partial charge in [0.25, 0.3) is 5.91 Å². The van der Waals surface area contributed by atoms with Crippen LogP contribution in [-0.2, 0) is 4.79 Å². The van der Waals surface area contributed by atoms with Gasteiger partial charge in [-0.3, -0.25) is 9.59 Å². The van der Waals surface area contributed by atoms with E-state index >= 15 is 0 Å². The van der Waals surface area contributed by atoms with Crippen molar-refractivity contribution < 1.29 is 9.59 Å². The lowest BCUT2D eigenvalue weighted by Gasteiger charge is -2.39. The molecule has 0 N–H and O–H groups in total. The monoisotopic (exact) mass is 420 g/mol. The summed E-state index contributed by atoms with van der Waals surface area (Å²) in [6.45, 7) is 4.64. The largest absolute Gasteiger partial charge is 0.325 e. The quantitative estimate of drug-likeness (QED) is 0.726. The SMILES string of the molecule is Cc1ccc(Cl)cc1N1CCN(C(=O)c2cccc(Br)c2)C(C)C1=O. The number of hydrogen-bond donors (Lipinski definition) is 0. The Morgan fingerprint density at radius 2 is 1.96 bits per heavy atom. The van der Waals surface area contributed by atoms with Gasteiger partial charge in [0.15, 0.2) is 0 Å². The summed E-state index contributed by atoms with van der Waals surface area (Å²) in [5.41, 5.74) is 2.36. The molecule has 0 radical (unpaired) electrons. The minimum Gasteiger partial charge on any atom is -0.325 e. The number of aryl methyl sites for hydroxylation is 1. The smallest absolute Gasteiger partial charge is 0.254 e. The highest BCUT2D eigenvalue weighted by Gasteiger charge is 2.35. The Labute approximate surface area is 160 Å². The van der Waals surface area contributed by atoms with Crippen molar-refractivity contribution in [2.45, 2.75) is 19.9 Å². The van der Waals surface area contributed by atoms with E-state index in [1.807, 2.05) is 25.1 Å². The zero-order chi connectivity index (χ0) is 18.1. The second kappa shape index (κ2) is 7.18. The van der Waals surface area contributed by atoms with Crippen molar-refractivity contribution in [1.29, 1.82) is 0 Å². The fraction of sp³-hybridized carbons (Fsp3) is 0.263. The Morgan fingerprint density at radius 3 is 2.68 bits per heavy atom. The summed E-state index contributed by atoms with van der Waals surface area (Å²) in [6.07, 6.45) is 0. The minimum absolute atomic E-state index is 0.0973. The van der Waals surface area contributed by atoms with Crippen LogP contribution in [0.4, 0.5) is 5.69 Å². The molecule has 1 unspecified atom stereocenters. The van der Waals surface area contributed by atoms with Gasteiger partial charge in [0.05, 0.1) is 0 Å². The van der Waals surface area contributed by atoms with Gasteiger partial charge < -0.3 is 9.80 Å². The summed E-state index contributed by atoms with van der Waals surface area (Å²) in [5.74, 6) is -0.232. The molecule has 1 fully saturated rings. The van der Waals surface area contributed by atoms with Crippen LogP contribution in [-0.4, -0.2) is 35.8 Å². The third kappa shape index (κ3) is 3.58. The molecule has 1 atom stereocenters. The fourth-order valence-corrected chi connectivity index (χ4v) is 3.61. The Kier molecular flexibility index (Phi) is 5.16. The lowest BCUT2D eigenvalue weighted by Crippen LogP contribution is -2.57. The summed E-state index contributed by atoms with van der Waals surface area (Å²) in [4.78, 5) is 29.0. The van der Waals surface area contributed by atoms with Crippen molar-refractivity contribution >= 4 is 45.0 Å². The van der Waals surface area contributed by atoms with Crippen LogP contribution in [0.15, 0.2) is 46.9 Å². The second-order valence-electron chi connectivity index (χ2n) is 6.11. The van der Waals surface area contributed by atoms with Gasteiger partial charge in [0.1, 0.15) is 6.04 Å². The van der Waals surface area contributed by atoms with E-state index in [4.69, 9.17) is 11.6 Å². The van der Waals surface area contributed by atoms with E-state index in [0.717, 1.165) is 15.7 Å². The molecule has 0 aliphatic carbocycles. The molecule has 2 aromatic carbocycles. The number of carbonyl (C=O) groups excluding carboxylic acids is 2. The highest BCUT2D eigenvalue weighted by molar-refractivity contribution is 9.10. The van der Waals surface area contributed by atoms with E-state index in [1.165, 1.54) is 0 Å². The van der Waals surface area contributed by atoms with Crippen LogP contribution in [0.3, 0.4) is 0 Å². The van der Waals surface area contributed by atoms with Crippen molar-refractivity contribution in [3.63, 3.8) is 0 Å². The molecule has 2 aromatic rings. The summed E-state index contributed by atoms with van der Waals surface area (Å²) < 4.78 is 0.838. The Balaban J connectivity index is 1.84. The molecular weight excluding hydrogens is 404 g/mol. The Morgan fingerprint density at radius 1 is 1.20 bits per heavy atom. The van der Waals surface area contributed by atoms with Crippen LogP contribution >= 0.6 is 27.5 Å². The third-order valence-corrected chi connectivity index (χ3v) is 5.18. The zero-order valence-corrected chi connectivity index (χ0v) is 16.3. The fourth-order valence-electron chi connectivity index (χ4n) is 3.05. The lowest BCUT2D eigenvalue weighted by atomic mass is 10.1. The molecule has 0 spiro atoms. The van der Waals surface area contributed by atoms with Crippen LogP contribution in [0.5, 0.6) is 0 Å². The molecule has 130 valence electrons. The van der Waals surface area contributed by atoms with E-state index in [9.17, 15) is 9.59 Å². The molecule has 0 saturated carbocycles. The Bertz CT molecular complexity index is 840. The van der Waals surface area contributed by atoms with Crippen LogP contribution in [0.2, 0.25) is 5.02 Å². The average Bonchev–Trinajstić information content (AvgIpc) is 2.59. The molecule has 0 bridgehead atoms. The third-order valence-electron chi connectivity index (χ3n) is 4.45. The minimum atomic E-state index is -0.529. The number of nitrogens with zero attached hydrogens (tertiary/aromatic N) is 2. The van der Waals surface area contributed by atoms with Crippen molar-refractivity contribution in [3.05, 3.63) is 63.1 Å². The first-order valence-electron chi connectivity index (χ1n) is 8.02. The summed E-state index contributed by atoms with van der Waals surface area (Å²) >= 11 is 9.47. The molecule has 1 heterocycles. The number of amides is 2. The topological polar surface area (TPSA) is 40.6 Å². The molecular formula is C19H18BrClN2O2. The first-order valence-corrected chi connectivity index (χ1v) is 9.19. The lowest BCUT2D eigenvalue weighted by molar-refractivity contribution is -0.124. The standard InChI is InChI=1S/C19H18BrClN2O2/c1-12-6-7-16(21)11-17(12)23-9-8-22(13(2)18(23)24)19(25)14-4-3-5-15(20)10-14/h3-7,10-11,13H,8-9H2,1-2H3. The molecule has 6 heteroatoms. The van der Waals surface area contributed by atoms with Gasteiger partial charge in [-0.05, 0) is 49.7 Å². The summed E-state index contributed by atoms with van der Waals surface area (Å²) in [7, 11) is 0. The van der Waals surface area contributed by atoms with Gasteiger partial charge >= 0.3 is 0 Å². The summed E-state index contributed by atoms with van der Waals surface area (Å²) in [6, 6.07) is 12.2. The predicted octanol–water partition coefficient (Wildman–Crippen LogP) is 4.29. The maximum Gasteiger partial charge on any atom is 0.254 e. The van der Waals surface area contributed by atoms with Gasteiger partial charge in [-0.15, -0.1) is 0 Å². The number of anilines is 1. The molecule has 4 nitrogen and oxygen atoms in total. The summed E-state index contributed by atoms with van der Waals surface area (Å²) in [5, 5.41) is 0.591. The van der Waals surface area contributed by atoms with Crippen LogP contribution in [0.1, 0.15) is 22.8 Å². The number of carbonyl (C=O) groups is 2. The van der Waals surface area contributed by atoms with Gasteiger partial charge in [0.2, 0.25) is 5.91 Å². The molecule has 3 rings (SSSR count). The van der Waals surface area contributed by atoms with Crippen LogP contribution in [0.25, 0.3) is 0 Å². The number of hydrogen-bond acceptors (Lipinski definition) is 2. The number of benzene rings is 2. The van der Waals surface area contributed by atoms with Gasteiger partial charge in [-0.25, -0.2) is 0 Å². The second-order valence-corrected chi connectivity index (χ2v) is 7.46. The molecule has 0 aromatic heterocycles. The number of rotatable bonds is 2. The zero-order valence-electron chi connectivity index (χ0n) is 14.0.